The molecular formula is C26H35N7O2. The number of nitrogens with zero attached hydrogens (tertiary/aromatic N) is 6. The maximum atomic E-state index is 12.9. The van der Waals surface area contributed by atoms with E-state index in [1.807, 2.05) is 77.1 Å². The Morgan fingerprint density at radius 2 is 1.86 bits per heavy atom. The van der Waals surface area contributed by atoms with Crippen molar-refractivity contribution in [1.29, 1.82) is 0 Å². The van der Waals surface area contributed by atoms with Crippen LogP contribution in [0.3, 0.4) is 0 Å². The third-order valence-electron chi connectivity index (χ3n) is 5.88. The number of rotatable bonds is 5. The predicted molar refractivity (Wildman–Crippen MR) is 141 cm³/mol. The van der Waals surface area contributed by atoms with Crippen molar-refractivity contribution in [2.75, 3.05) is 49.9 Å². The van der Waals surface area contributed by atoms with Gasteiger partial charge in [0.2, 0.25) is 5.95 Å². The molecule has 9 nitrogen and oxygen atoms in total. The highest BCUT2D eigenvalue weighted by atomic mass is 16.6. The largest absolute Gasteiger partial charge is 0.444 e. The zero-order chi connectivity index (χ0) is 25.3. The summed E-state index contributed by atoms with van der Waals surface area (Å²) in [6, 6.07) is 8.14. The lowest BCUT2D eigenvalue weighted by Crippen LogP contribution is -2.36. The van der Waals surface area contributed by atoms with Crippen LogP contribution in [-0.4, -0.2) is 66.3 Å². The predicted octanol–water partition coefficient (Wildman–Crippen LogP) is 4.97. The second kappa shape index (κ2) is 9.56. The normalized spacial score (nSPS) is 15.9. The van der Waals surface area contributed by atoms with Crippen LogP contribution >= 0.6 is 0 Å². The van der Waals surface area contributed by atoms with Gasteiger partial charge in [0.25, 0.3) is 0 Å². The second-order valence-electron chi connectivity index (χ2n) is 10.3. The van der Waals surface area contributed by atoms with Crippen molar-refractivity contribution in [1.82, 2.24) is 19.9 Å². The van der Waals surface area contributed by atoms with Crippen molar-refractivity contribution in [3.63, 3.8) is 0 Å². The first-order chi connectivity index (χ1) is 16.5. The number of hydrogen-bond acceptors (Lipinski definition) is 8. The molecule has 1 saturated heterocycles. The summed E-state index contributed by atoms with van der Waals surface area (Å²) < 4.78 is 5.69. The molecule has 1 aromatic carbocycles. The number of benzene rings is 1. The van der Waals surface area contributed by atoms with E-state index in [1.165, 1.54) is 0 Å². The van der Waals surface area contributed by atoms with Crippen LogP contribution in [0.2, 0.25) is 0 Å². The lowest BCUT2D eigenvalue weighted by Gasteiger charge is -2.29. The van der Waals surface area contributed by atoms with Crippen LogP contribution in [0.15, 0.2) is 36.7 Å². The molecule has 0 bridgehead atoms. The fraction of sp³-hybridized carbons (Fsp3) is 0.462. The summed E-state index contributed by atoms with van der Waals surface area (Å²) in [6.07, 6.45) is 5.20. The quantitative estimate of drug-likeness (QED) is 0.551. The number of ether oxygens (including phenoxy) is 1. The summed E-state index contributed by atoms with van der Waals surface area (Å²) >= 11 is 0. The third kappa shape index (κ3) is 5.55. The van der Waals surface area contributed by atoms with Gasteiger partial charge in [-0.15, -0.1) is 0 Å². The molecule has 1 atom stereocenters. The van der Waals surface area contributed by atoms with Crippen molar-refractivity contribution in [2.24, 2.45) is 0 Å². The highest BCUT2D eigenvalue weighted by Gasteiger charge is 2.33. The molecule has 0 spiro atoms. The molecule has 1 aliphatic rings. The Kier molecular flexibility index (Phi) is 6.69. The molecular weight excluding hydrogens is 442 g/mol. The van der Waals surface area contributed by atoms with Gasteiger partial charge in [-0.25, -0.2) is 14.8 Å². The molecule has 0 radical (unpaired) electrons. The van der Waals surface area contributed by atoms with Crippen molar-refractivity contribution in [3.05, 3.63) is 42.2 Å². The number of fused-ring (bicyclic) bond motifs is 1. The average Bonchev–Trinajstić information content (AvgIpc) is 3.27. The van der Waals surface area contributed by atoms with Crippen molar-refractivity contribution >= 4 is 40.1 Å². The molecule has 0 saturated carbocycles. The number of carbonyl (C=O) groups is 1. The number of anilines is 4. The number of hydrogen-bond donors (Lipinski definition) is 1. The number of carbonyl (C=O) groups excluding carboxylic acids is 1. The number of amides is 1. The Morgan fingerprint density at radius 3 is 2.54 bits per heavy atom. The number of likely N-dealkylation sites (tertiary alicyclic amines) is 1. The topological polar surface area (TPSA) is 86.7 Å². The van der Waals surface area contributed by atoms with E-state index in [0.717, 1.165) is 34.9 Å². The minimum atomic E-state index is -0.526. The van der Waals surface area contributed by atoms with Gasteiger partial charge in [0, 0.05) is 58.2 Å². The summed E-state index contributed by atoms with van der Waals surface area (Å²) in [4.78, 5) is 32.1. The molecule has 9 heteroatoms. The standard InChI is InChI=1S/C26H35N7O2/c1-26(2,3)35-25(34)33-12-8-9-20(33)18-13-17-15-23(28-16-19(17)21(14-18)31(4)5)29-22-10-11-27-24(30-22)32(6)7/h10-11,13-16,20H,8-9,12H2,1-7H3,(H,27,28,29,30). The summed E-state index contributed by atoms with van der Waals surface area (Å²) in [5, 5.41) is 5.38. The smallest absolute Gasteiger partial charge is 0.410 e. The fourth-order valence-corrected chi connectivity index (χ4v) is 4.31. The molecule has 3 heterocycles. The van der Waals surface area contributed by atoms with Crippen LogP contribution in [0.25, 0.3) is 10.8 Å². The van der Waals surface area contributed by atoms with Gasteiger partial charge >= 0.3 is 6.09 Å². The molecule has 1 amide bonds. The summed E-state index contributed by atoms with van der Waals surface area (Å²) in [5.41, 5.74) is 1.63. The van der Waals surface area contributed by atoms with Crippen molar-refractivity contribution in [2.45, 2.75) is 45.3 Å². The van der Waals surface area contributed by atoms with E-state index >= 15 is 0 Å². The minimum Gasteiger partial charge on any atom is -0.444 e. The number of nitrogens with one attached hydrogen (secondary N) is 1. The van der Waals surface area contributed by atoms with Gasteiger partial charge in [-0.3, -0.25) is 0 Å². The van der Waals surface area contributed by atoms with E-state index in [2.05, 4.69) is 37.3 Å². The Bertz CT molecular complexity index is 1220. The van der Waals surface area contributed by atoms with Gasteiger partial charge < -0.3 is 24.8 Å². The molecule has 1 fully saturated rings. The van der Waals surface area contributed by atoms with Crippen LogP contribution in [0.4, 0.5) is 28.1 Å². The van der Waals surface area contributed by atoms with Crippen molar-refractivity contribution < 1.29 is 9.53 Å². The van der Waals surface area contributed by atoms with E-state index in [9.17, 15) is 4.79 Å². The second-order valence-corrected chi connectivity index (χ2v) is 10.3. The molecule has 1 N–H and O–H groups in total. The first kappa shape index (κ1) is 24.5. The highest BCUT2D eigenvalue weighted by molar-refractivity contribution is 5.96. The van der Waals surface area contributed by atoms with E-state index < -0.39 is 5.60 Å². The van der Waals surface area contributed by atoms with E-state index in [0.29, 0.717) is 24.1 Å². The van der Waals surface area contributed by atoms with Gasteiger partial charge in [-0.2, -0.15) is 4.98 Å². The molecule has 0 aliphatic carbocycles. The Balaban J connectivity index is 1.70. The molecule has 35 heavy (non-hydrogen) atoms. The average molecular weight is 478 g/mol. The van der Waals surface area contributed by atoms with Crippen LogP contribution < -0.4 is 15.1 Å². The summed E-state index contributed by atoms with van der Waals surface area (Å²) in [5.74, 6) is 1.99. The Morgan fingerprint density at radius 1 is 1.09 bits per heavy atom. The number of pyridine rings is 1. The maximum Gasteiger partial charge on any atom is 0.410 e. The molecule has 2 aromatic heterocycles. The molecule has 186 valence electrons. The van der Waals surface area contributed by atoms with Gasteiger partial charge in [0.1, 0.15) is 17.2 Å². The van der Waals surface area contributed by atoms with E-state index in [4.69, 9.17) is 4.74 Å². The zero-order valence-corrected chi connectivity index (χ0v) is 21.7. The van der Waals surface area contributed by atoms with Gasteiger partial charge in [-0.1, -0.05) is 0 Å². The van der Waals surface area contributed by atoms with E-state index in [1.54, 1.807) is 6.20 Å². The van der Waals surface area contributed by atoms with Gasteiger partial charge in [0.15, 0.2) is 0 Å². The van der Waals surface area contributed by atoms with Crippen LogP contribution in [-0.2, 0) is 4.74 Å². The molecule has 4 rings (SSSR count). The van der Waals surface area contributed by atoms with Gasteiger partial charge in [0.05, 0.1) is 6.04 Å². The van der Waals surface area contributed by atoms with Crippen LogP contribution in [0.5, 0.6) is 0 Å². The van der Waals surface area contributed by atoms with Crippen LogP contribution in [0, 0.1) is 0 Å². The molecule has 1 aliphatic heterocycles. The highest BCUT2D eigenvalue weighted by Crippen LogP contribution is 2.38. The summed E-state index contributed by atoms with van der Waals surface area (Å²) in [6.45, 7) is 6.39. The lowest BCUT2D eigenvalue weighted by atomic mass is 9.99. The first-order valence-corrected chi connectivity index (χ1v) is 11.9. The Labute approximate surface area is 207 Å². The summed E-state index contributed by atoms with van der Waals surface area (Å²) in [7, 11) is 7.85. The minimum absolute atomic E-state index is 0.0259. The maximum absolute atomic E-state index is 12.9. The molecule has 3 aromatic rings. The first-order valence-electron chi connectivity index (χ1n) is 11.9. The SMILES string of the molecule is CN(C)c1nccc(Nc2cc3cc(C4CCCN4C(=O)OC(C)(C)C)cc(N(C)C)c3cn2)n1. The van der Waals surface area contributed by atoms with E-state index in [-0.39, 0.29) is 12.1 Å². The Hall–Kier alpha value is -3.62. The lowest BCUT2D eigenvalue weighted by molar-refractivity contribution is 0.0224. The fourth-order valence-electron chi connectivity index (χ4n) is 4.31. The molecule has 1 unspecified atom stereocenters. The third-order valence-corrected chi connectivity index (χ3v) is 5.88. The van der Waals surface area contributed by atoms with Gasteiger partial charge in [-0.05, 0) is 68.8 Å². The van der Waals surface area contributed by atoms with Crippen LogP contribution in [0.1, 0.15) is 45.2 Å². The zero-order valence-electron chi connectivity index (χ0n) is 21.7. The van der Waals surface area contributed by atoms with Crippen molar-refractivity contribution in [3.8, 4) is 0 Å². The monoisotopic (exact) mass is 477 g/mol. The number of aromatic nitrogens is 3.